The third kappa shape index (κ3) is 3.54. The zero-order valence-corrected chi connectivity index (χ0v) is 15.8. The molecule has 0 radical (unpaired) electrons. The first-order chi connectivity index (χ1) is 12.7. The minimum Gasteiger partial charge on any atom is -0.396 e. The van der Waals surface area contributed by atoms with Crippen LogP contribution in [0, 0.1) is 11.8 Å². The van der Waals surface area contributed by atoms with E-state index in [9.17, 15) is 9.90 Å². The lowest BCUT2D eigenvalue weighted by atomic mass is 9.94. The van der Waals surface area contributed by atoms with Crippen LogP contribution < -0.4 is 0 Å². The van der Waals surface area contributed by atoms with Crippen LogP contribution in [0.4, 0.5) is 0 Å². The van der Waals surface area contributed by atoms with Gasteiger partial charge in [0, 0.05) is 32.2 Å². The molecule has 0 aromatic heterocycles. The summed E-state index contributed by atoms with van der Waals surface area (Å²) in [6, 6.07) is 10.3. The molecule has 2 saturated heterocycles. The lowest BCUT2D eigenvalue weighted by Crippen LogP contribution is -2.39. The Balaban J connectivity index is 1.42. The van der Waals surface area contributed by atoms with Crippen LogP contribution in [-0.4, -0.2) is 60.1 Å². The smallest absolute Gasteiger partial charge is 0.233 e. The number of aliphatic hydroxyl groups excluding tert-OH is 1. The van der Waals surface area contributed by atoms with Crippen molar-refractivity contribution in [1.29, 1.82) is 0 Å². The highest BCUT2D eigenvalue weighted by molar-refractivity contribution is 5.91. The molecular weight excluding hydrogens is 324 g/mol. The standard InChI is InChI=1S/C22H32N2O2/c25-17-19-16-24(15-18(19)14-23-12-6-1-2-7-13-23)21(26)22(10-11-22)20-8-4-3-5-9-20/h3-5,8-9,18-19,25H,1-2,6-7,10-17H2/t18-,19-/m0/s1. The molecule has 3 fully saturated rings. The lowest BCUT2D eigenvalue weighted by Gasteiger charge is -2.26. The molecule has 142 valence electrons. The molecule has 3 aliphatic rings. The van der Waals surface area contributed by atoms with E-state index in [2.05, 4.69) is 21.9 Å². The van der Waals surface area contributed by atoms with Gasteiger partial charge in [0.1, 0.15) is 0 Å². The lowest BCUT2D eigenvalue weighted by molar-refractivity contribution is -0.133. The maximum atomic E-state index is 13.3. The summed E-state index contributed by atoms with van der Waals surface area (Å²) in [5.41, 5.74) is 0.889. The second-order valence-corrected chi connectivity index (χ2v) is 8.58. The monoisotopic (exact) mass is 356 g/mol. The van der Waals surface area contributed by atoms with Crippen LogP contribution in [0.15, 0.2) is 30.3 Å². The Morgan fingerprint density at radius 2 is 1.65 bits per heavy atom. The summed E-state index contributed by atoms with van der Waals surface area (Å²) >= 11 is 0. The van der Waals surface area contributed by atoms with Crippen molar-refractivity contribution in [1.82, 2.24) is 9.80 Å². The number of aliphatic hydroxyl groups is 1. The van der Waals surface area contributed by atoms with E-state index in [0.717, 1.165) is 32.5 Å². The van der Waals surface area contributed by atoms with E-state index in [1.165, 1.54) is 44.3 Å². The largest absolute Gasteiger partial charge is 0.396 e. The van der Waals surface area contributed by atoms with Crippen LogP contribution in [0.25, 0.3) is 0 Å². The molecule has 1 aromatic rings. The van der Waals surface area contributed by atoms with Crippen LogP contribution in [0.5, 0.6) is 0 Å². The van der Waals surface area contributed by atoms with E-state index in [1.54, 1.807) is 0 Å². The fourth-order valence-electron chi connectivity index (χ4n) is 4.98. The molecule has 26 heavy (non-hydrogen) atoms. The molecule has 4 heteroatoms. The fourth-order valence-corrected chi connectivity index (χ4v) is 4.98. The minimum absolute atomic E-state index is 0.195. The van der Waals surface area contributed by atoms with Crippen molar-refractivity contribution in [2.24, 2.45) is 11.8 Å². The predicted octanol–water partition coefficient (Wildman–Crippen LogP) is 2.66. The Kier molecular flexibility index (Phi) is 5.32. The molecule has 0 spiro atoms. The Morgan fingerprint density at radius 1 is 1.00 bits per heavy atom. The number of nitrogens with zero attached hydrogens (tertiary/aromatic N) is 2. The van der Waals surface area contributed by atoms with Gasteiger partial charge in [0.15, 0.2) is 0 Å². The summed E-state index contributed by atoms with van der Waals surface area (Å²) in [6.07, 6.45) is 7.19. The molecule has 4 rings (SSSR count). The van der Waals surface area contributed by atoms with E-state index in [0.29, 0.717) is 11.8 Å². The van der Waals surface area contributed by atoms with E-state index in [1.807, 2.05) is 18.2 Å². The molecule has 0 unspecified atom stereocenters. The van der Waals surface area contributed by atoms with E-state index in [4.69, 9.17) is 0 Å². The quantitative estimate of drug-likeness (QED) is 0.882. The highest BCUT2D eigenvalue weighted by atomic mass is 16.3. The van der Waals surface area contributed by atoms with Crippen LogP contribution in [0.3, 0.4) is 0 Å². The van der Waals surface area contributed by atoms with Crippen molar-refractivity contribution >= 4 is 5.91 Å². The Labute approximate surface area is 157 Å². The van der Waals surface area contributed by atoms with Crippen LogP contribution in [-0.2, 0) is 10.2 Å². The summed E-state index contributed by atoms with van der Waals surface area (Å²) in [6.45, 7) is 5.12. The highest BCUT2D eigenvalue weighted by Crippen LogP contribution is 2.50. The first-order valence-electron chi connectivity index (χ1n) is 10.4. The number of carbonyl (C=O) groups excluding carboxylic acids is 1. The van der Waals surface area contributed by atoms with Gasteiger partial charge in [0.05, 0.1) is 5.41 Å². The number of likely N-dealkylation sites (tertiary alicyclic amines) is 2. The normalized spacial score (nSPS) is 28.7. The Bertz CT molecular complexity index is 606. The molecule has 1 aliphatic carbocycles. The minimum atomic E-state index is -0.279. The molecule has 1 aromatic carbocycles. The maximum Gasteiger partial charge on any atom is 0.233 e. The highest BCUT2D eigenvalue weighted by Gasteiger charge is 2.54. The number of hydrogen-bond donors (Lipinski definition) is 1. The van der Waals surface area contributed by atoms with Gasteiger partial charge >= 0.3 is 0 Å². The zero-order valence-electron chi connectivity index (χ0n) is 15.8. The number of benzene rings is 1. The summed E-state index contributed by atoms with van der Waals surface area (Å²) in [7, 11) is 0. The van der Waals surface area contributed by atoms with E-state index < -0.39 is 0 Å². The van der Waals surface area contributed by atoms with Gasteiger partial charge in [-0.25, -0.2) is 0 Å². The van der Waals surface area contributed by atoms with Gasteiger partial charge in [-0.15, -0.1) is 0 Å². The Hall–Kier alpha value is -1.39. The second-order valence-electron chi connectivity index (χ2n) is 8.58. The summed E-state index contributed by atoms with van der Waals surface area (Å²) in [5, 5.41) is 9.90. The van der Waals surface area contributed by atoms with Crippen molar-refractivity contribution in [2.75, 3.05) is 39.3 Å². The van der Waals surface area contributed by atoms with Gasteiger partial charge in [-0.2, -0.15) is 0 Å². The molecule has 1 N–H and O–H groups in total. The zero-order chi connectivity index (χ0) is 18.0. The average Bonchev–Trinajstić information content (AvgIpc) is 3.44. The van der Waals surface area contributed by atoms with Crippen LogP contribution in [0.1, 0.15) is 44.1 Å². The van der Waals surface area contributed by atoms with Gasteiger partial charge in [-0.1, -0.05) is 43.2 Å². The van der Waals surface area contributed by atoms with E-state index in [-0.39, 0.29) is 17.9 Å². The number of amides is 1. The van der Waals surface area contributed by atoms with Gasteiger partial charge in [0.25, 0.3) is 0 Å². The third-order valence-corrected chi connectivity index (χ3v) is 6.78. The fraction of sp³-hybridized carbons (Fsp3) is 0.682. The average molecular weight is 357 g/mol. The van der Waals surface area contributed by atoms with Crippen LogP contribution in [0.2, 0.25) is 0 Å². The molecular formula is C22H32N2O2. The number of rotatable bonds is 5. The first-order valence-corrected chi connectivity index (χ1v) is 10.4. The third-order valence-electron chi connectivity index (χ3n) is 6.78. The van der Waals surface area contributed by atoms with Gasteiger partial charge in [-0.3, -0.25) is 4.79 Å². The molecule has 0 bridgehead atoms. The van der Waals surface area contributed by atoms with Crippen LogP contribution >= 0.6 is 0 Å². The molecule has 1 amide bonds. The first kappa shape index (κ1) is 18.0. The summed E-state index contributed by atoms with van der Waals surface area (Å²) in [5.74, 6) is 0.933. The molecule has 1 saturated carbocycles. The molecule has 2 aliphatic heterocycles. The molecule has 2 atom stereocenters. The van der Waals surface area contributed by atoms with Crippen molar-refractivity contribution in [3.63, 3.8) is 0 Å². The van der Waals surface area contributed by atoms with Crippen molar-refractivity contribution in [2.45, 2.75) is 43.9 Å². The Morgan fingerprint density at radius 3 is 2.27 bits per heavy atom. The van der Waals surface area contributed by atoms with Gasteiger partial charge in [0.2, 0.25) is 5.91 Å². The topological polar surface area (TPSA) is 43.8 Å². The second kappa shape index (κ2) is 7.69. The van der Waals surface area contributed by atoms with Crippen molar-refractivity contribution in [3.8, 4) is 0 Å². The number of hydrogen-bond acceptors (Lipinski definition) is 3. The van der Waals surface area contributed by atoms with Gasteiger partial charge in [-0.05, 0) is 50.3 Å². The summed E-state index contributed by atoms with van der Waals surface area (Å²) < 4.78 is 0. The van der Waals surface area contributed by atoms with E-state index >= 15 is 0 Å². The SMILES string of the molecule is O=C(N1C[C@@H](CO)[C@@H](CN2CCCCCC2)C1)C1(c2ccccc2)CC1. The van der Waals surface area contributed by atoms with Crippen molar-refractivity contribution in [3.05, 3.63) is 35.9 Å². The predicted molar refractivity (Wildman–Crippen MR) is 103 cm³/mol. The van der Waals surface area contributed by atoms with Crippen molar-refractivity contribution < 1.29 is 9.90 Å². The summed E-state index contributed by atoms with van der Waals surface area (Å²) in [4.78, 5) is 17.9. The van der Waals surface area contributed by atoms with Gasteiger partial charge < -0.3 is 14.9 Å². The molecule has 2 heterocycles. The molecule has 4 nitrogen and oxygen atoms in total. The number of carbonyl (C=O) groups is 1. The maximum absolute atomic E-state index is 13.3.